The monoisotopic (exact) mass is 334 g/mol. The minimum absolute atomic E-state index is 0.0713. The number of primary amides is 1. The van der Waals surface area contributed by atoms with Crippen molar-refractivity contribution in [3.05, 3.63) is 29.8 Å². The largest absolute Gasteiger partial charge is 0.492 e. The van der Waals surface area contributed by atoms with E-state index in [4.69, 9.17) is 15.2 Å². The first-order valence-electron chi connectivity index (χ1n) is 9.00. The Hall–Kier alpha value is -1.59. The Morgan fingerprint density at radius 3 is 2.62 bits per heavy atom. The maximum absolute atomic E-state index is 11.6. The molecule has 0 aromatic heterocycles. The summed E-state index contributed by atoms with van der Waals surface area (Å²) in [6, 6.07) is 8.02. The van der Waals surface area contributed by atoms with Gasteiger partial charge >= 0.3 is 0 Å². The van der Waals surface area contributed by atoms with E-state index in [1.165, 1.54) is 0 Å². The van der Waals surface area contributed by atoms with E-state index in [-0.39, 0.29) is 11.8 Å². The summed E-state index contributed by atoms with van der Waals surface area (Å²) in [7, 11) is 0. The second-order valence-corrected chi connectivity index (χ2v) is 6.39. The highest BCUT2D eigenvalue weighted by molar-refractivity contribution is 5.76. The minimum Gasteiger partial charge on any atom is -0.492 e. The van der Waals surface area contributed by atoms with E-state index in [0.29, 0.717) is 13.0 Å². The van der Waals surface area contributed by atoms with Crippen LogP contribution < -0.4 is 10.5 Å². The molecule has 1 saturated heterocycles. The molecular weight excluding hydrogens is 304 g/mol. The molecule has 1 aliphatic rings. The van der Waals surface area contributed by atoms with Crippen LogP contribution in [0.2, 0.25) is 0 Å². The number of carbonyl (C=O) groups is 1. The number of ether oxygens (including phenoxy) is 2. The van der Waals surface area contributed by atoms with Crippen LogP contribution in [-0.2, 0) is 16.0 Å². The highest BCUT2D eigenvalue weighted by Crippen LogP contribution is 2.18. The third-order valence-electron chi connectivity index (χ3n) is 4.49. The van der Waals surface area contributed by atoms with Gasteiger partial charge in [-0.2, -0.15) is 0 Å². The van der Waals surface area contributed by atoms with Gasteiger partial charge in [-0.3, -0.25) is 9.69 Å². The maximum atomic E-state index is 11.6. The van der Waals surface area contributed by atoms with E-state index in [0.717, 1.165) is 63.4 Å². The fraction of sp³-hybridized carbons (Fsp3) is 0.632. The van der Waals surface area contributed by atoms with Crippen LogP contribution in [0.15, 0.2) is 24.3 Å². The molecule has 1 atom stereocenters. The topological polar surface area (TPSA) is 64.8 Å². The maximum Gasteiger partial charge on any atom is 0.220 e. The summed E-state index contributed by atoms with van der Waals surface area (Å²) in [5.74, 6) is 0.600. The summed E-state index contributed by atoms with van der Waals surface area (Å²) in [4.78, 5) is 13.9. The Balaban J connectivity index is 1.75. The second-order valence-electron chi connectivity index (χ2n) is 6.39. The molecule has 1 unspecified atom stereocenters. The number of morpholine rings is 1. The van der Waals surface area contributed by atoms with E-state index in [2.05, 4.69) is 11.8 Å². The number of carbonyl (C=O) groups excluding carboxylic acids is 1. The molecule has 134 valence electrons. The molecule has 2 rings (SSSR count). The number of unbranched alkanes of at least 4 members (excludes halogenated alkanes) is 1. The number of benzene rings is 1. The van der Waals surface area contributed by atoms with Gasteiger partial charge < -0.3 is 15.2 Å². The zero-order chi connectivity index (χ0) is 17.2. The van der Waals surface area contributed by atoms with Crippen molar-refractivity contribution in [2.24, 2.45) is 11.7 Å². The van der Waals surface area contributed by atoms with E-state index >= 15 is 0 Å². The molecule has 5 nitrogen and oxygen atoms in total. The molecule has 0 spiro atoms. The first-order chi connectivity index (χ1) is 11.7. The van der Waals surface area contributed by atoms with Crippen LogP contribution in [-0.4, -0.2) is 50.3 Å². The van der Waals surface area contributed by atoms with Crippen LogP contribution in [0, 0.1) is 5.92 Å². The van der Waals surface area contributed by atoms with Crippen molar-refractivity contribution >= 4 is 5.91 Å². The van der Waals surface area contributed by atoms with Crippen molar-refractivity contribution in [2.45, 2.75) is 32.6 Å². The normalized spacial score (nSPS) is 16.7. The molecule has 1 fully saturated rings. The van der Waals surface area contributed by atoms with Gasteiger partial charge in [0.25, 0.3) is 0 Å². The van der Waals surface area contributed by atoms with Gasteiger partial charge in [0.1, 0.15) is 12.4 Å². The average Bonchev–Trinajstić information content (AvgIpc) is 2.60. The van der Waals surface area contributed by atoms with Crippen molar-refractivity contribution in [3.8, 4) is 5.75 Å². The molecule has 1 aliphatic heterocycles. The van der Waals surface area contributed by atoms with Crippen LogP contribution in [0.5, 0.6) is 5.75 Å². The Labute approximate surface area is 145 Å². The summed E-state index contributed by atoms with van der Waals surface area (Å²) in [5, 5.41) is 0. The predicted molar refractivity (Wildman–Crippen MR) is 95.1 cm³/mol. The summed E-state index contributed by atoms with van der Waals surface area (Å²) < 4.78 is 11.1. The lowest BCUT2D eigenvalue weighted by Crippen LogP contribution is -2.38. The molecule has 0 bridgehead atoms. The molecule has 0 saturated carbocycles. The Bertz CT molecular complexity index is 484. The van der Waals surface area contributed by atoms with Crippen molar-refractivity contribution in [1.29, 1.82) is 0 Å². The average molecular weight is 334 g/mol. The quantitative estimate of drug-likeness (QED) is 0.713. The molecular formula is C19H30N2O3. The fourth-order valence-corrected chi connectivity index (χ4v) is 2.92. The van der Waals surface area contributed by atoms with E-state index in [9.17, 15) is 4.79 Å². The predicted octanol–water partition coefficient (Wildman–Crippen LogP) is 2.23. The van der Waals surface area contributed by atoms with E-state index < -0.39 is 0 Å². The van der Waals surface area contributed by atoms with Gasteiger partial charge in [0.15, 0.2) is 0 Å². The van der Waals surface area contributed by atoms with Crippen LogP contribution in [0.25, 0.3) is 0 Å². The molecule has 5 heteroatoms. The third-order valence-corrected chi connectivity index (χ3v) is 4.49. The molecule has 1 amide bonds. The Kier molecular flexibility index (Phi) is 8.05. The first-order valence-corrected chi connectivity index (χ1v) is 9.00. The molecule has 0 aliphatic carbocycles. The standard InChI is InChI=1S/C19H30N2O3/c1-2-3-4-17(19(20)22)15-16-5-7-18(8-6-16)24-14-11-21-9-12-23-13-10-21/h5-8,17H,2-4,9-15H2,1H3,(H2,20,22). The summed E-state index contributed by atoms with van der Waals surface area (Å²) in [6.45, 7) is 7.32. The lowest BCUT2D eigenvalue weighted by molar-refractivity contribution is -0.122. The van der Waals surface area contributed by atoms with Crippen molar-refractivity contribution in [2.75, 3.05) is 39.5 Å². The van der Waals surface area contributed by atoms with Crippen molar-refractivity contribution < 1.29 is 14.3 Å². The number of nitrogens with zero attached hydrogens (tertiary/aromatic N) is 1. The smallest absolute Gasteiger partial charge is 0.220 e. The van der Waals surface area contributed by atoms with Crippen molar-refractivity contribution in [1.82, 2.24) is 4.90 Å². The molecule has 1 aromatic rings. The van der Waals surface area contributed by atoms with Gasteiger partial charge in [-0.1, -0.05) is 31.9 Å². The van der Waals surface area contributed by atoms with Crippen LogP contribution in [0.1, 0.15) is 31.7 Å². The zero-order valence-electron chi connectivity index (χ0n) is 14.7. The van der Waals surface area contributed by atoms with Gasteiger partial charge in [-0.15, -0.1) is 0 Å². The van der Waals surface area contributed by atoms with Crippen molar-refractivity contribution in [3.63, 3.8) is 0 Å². The third kappa shape index (κ3) is 6.49. The number of rotatable bonds is 10. The molecule has 2 N–H and O–H groups in total. The van der Waals surface area contributed by atoms with Gasteiger partial charge in [-0.05, 0) is 30.5 Å². The Morgan fingerprint density at radius 1 is 1.29 bits per heavy atom. The molecule has 1 heterocycles. The second kappa shape index (κ2) is 10.3. The van der Waals surface area contributed by atoms with Gasteiger partial charge in [-0.25, -0.2) is 0 Å². The first kappa shape index (κ1) is 18.7. The van der Waals surface area contributed by atoms with Gasteiger partial charge in [0, 0.05) is 25.6 Å². The van der Waals surface area contributed by atoms with E-state index in [1.807, 2.05) is 24.3 Å². The van der Waals surface area contributed by atoms with Crippen LogP contribution in [0.3, 0.4) is 0 Å². The highest BCUT2D eigenvalue weighted by atomic mass is 16.5. The van der Waals surface area contributed by atoms with E-state index in [1.54, 1.807) is 0 Å². The highest BCUT2D eigenvalue weighted by Gasteiger charge is 2.15. The lowest BCUT2D eigenvalue weighted by atomic mass is 9.93. The van der Waals surface area contributed by atoms with Crippen LogP contribution >= 0.6 is 0 Å². The fourth-order valence-electron chi connectivity index (χ4n) is 2.92. The molecule has 1 aromatic carbocycles. The SMILES string of the molecule is CCCCC(Cc1ccc(OCCN2CCOCC2)cc1)C(N)=O. The lowest BCUT2D eigenvalue weighted by Gasteiger charge is -2.26. The van der Waals surface area contributed by atoms with Crippen LogP contribution in [0.4, 0.5) is 0 Å². The van der Waals surface area contributed by atoms with Gasteiger partial charge in [0.2, 0.25) is 5.91 Å². The zero-order valence-corrected chi connectivity index (χ0v) is 14.7. The molecule has 0 radical (unpaired) electrons. The summed E-state index contributed by atoms with van der Waals surface area (Å²) >= 11 is 0. The minimum atomic E-state index is -0.200. The van der Waals surface area contributed by atoms with Gasteiger partial charge in [0.05, 0.1) is 13.2 Å². The summed E-state index contributed by atoms with van der Waals surface area (Å²) in [5.41, 5.74) is 6.65. The number of hydrogen-bond donors (Lipinski definition) is 1. The Morgan fingerprint density at radius 2 is 2.00 bits per heavy atom. The summed E-state index contributed by atoms with van der Waals surface area (Å²) in [6.07, 6.45) is 3.70. The number of nitrogens with two attached hydrogens (primary N) is 1. The number of hydrogen-bond acceptors (Lipinski definition) is 4. The number of amides is 1. The molecule has 24 heavy (non-hydrogen) atoms.